The number of rotatable bonds is 5. The number of ether oxygens (including phenoxy) is 1. The fourth-order valence-corrected chi connectivity index (χ4v) is 4.16. The summed E-state index contributed by atoms with van der Waals surface area (Å²) in [5, 5.41) is 13.3. The zero-order valence-corrected chi connectivity index (χ0v) is 18.2. The van der Waals surface area contributed by atoms with E-state index in [1.54, 1.807) is 12.1 Å². The Hall–Kier alpha value is -4.12. The van der Waals surface area contributed by atoms with Crippen molar-refractivity contribution in [3.8, 4) is 17.7 Å². The summed E-state index contributed by atoms with van der Waals surface area (Å²) in [6.07, 6.45) is 5.00. The van der Waals surface area contributed by atoms with Gasteiger partial charge in [-0.2, -0.15) is 5.26 Å². The Labute approximate surface area is 190 Å². The number of hydrogen-bond donors (Lipinski definition) is 2. The van der Waals surface area contributed by atoms with Crippen LogP contribution in [0.15, 0.2) is 48.8 Å². The quantitative estimate of drug-likeness (QED) is 0.406. The number of aromatic nitrogens is 3. The Balaban J connectivity index is 1.39. The van der Waals surface area contributed by atoms with Gasteiger partial charge >= 0.3 is 0 Å². The van der Waals surface area contributed by atoms with Crippen LogP contribution in [0, 0.1) is 24.1 Å². The molecule has 1 aliphatic rings. The van der Waals surface area contributed by atoms with Crippen LogP contribution in [0.4, 0.5) is 21.6 Å². The number of H-pyrrole nitrogens is 1. The smallest absolute Gasteiger partial charge is 0.242 e. The van der Waals surface area contributed by atoms with Crippen molar-refractivity contribution < 1.29 is 9.13 Å². The van der Waals surface area contributed by atoms with Crippen molar-refractivity contribution in [1.82, 2.24) is 15.0 Å². The number of aromatic amines is 1. The van der Waals surface area contributed by atoms with Crippen LogP contribution in [0.3, 0.4) is 0 Å². The Kier molecular flexibility index (Phi) is 5.53. The van der Waals surface area contributed by atoms with Gasteiger partial charge in [-0.3, -0.25) is 0 Å². The molecule has 3 heterocycles. The van der Waals surface area contributed by atoms with Crippen molar-refractivity contribution in [3.05, 3.63) is 65.9 Å². The van der Waals surface area contributed by atoms with E-state index in [1.165, 1.54) is 37.3 Å². The molecule has 0 spiro atoms. The Morgan fingerprint density at radius 3 is 2.64 bits per heavy atom. The van der Waals surface area contributed by atoms with Crippen LogP contribution < -0.4 is 15.0 Å². The Bertz CT molecular complexity index is 1340. The van der Waals surface area contributed by atoms with Crippen molar-refractivity contribution in [1.29, 1.82) is 5.26 Å². The second-order valence-electron chi connectivity index (χ2n) is 8.13. The maximum atomic E-state index is 15.0. The molecule has 0 radical (unpaired) electrons. The molecule has 4 aromatic rings. The van der Waals surface area contributed by atoms with E-state index in [2.05, 4.69) is 43.4 Å². The van der Waals surface area contributed by atoms with Gasteiger partial charge in [-0.1, -0.05) is 0 Å². The summed E-state index contributed by atoms with van der Waals surface area (Å²) in [5.74, 6) is -0.228. The van der Waals surface area contributed by atoms with E-state index < -0.39 is 5.82 Å². The zero-order chi connectivity index (χ0) is 22.8. The van der Waals surface area contributed by atoms with E-state index >= 15 is 0 Å². The summed E-state index contributed by atoms with van der Waals surface area (Å²) in [4.78, 5) is 13.7. The molecule has 166 valence electrons. The molecule has 5 rings (SSSR count). The average Bonchev–Trinajstić information content (AvgIpc) is 3.23. The standard InChI is InChI=1S/C25H23FN6O/c1-16-13-19-21(30-16)9-10-22(23(19)26)33-25-20(14-27)24(28-15-29-25)31-17-5-7-18(8-6-17)32-11-3-2-4-12-32/h5-10,13,15,30H,2-4,11-12H2,1H3,(H,28,29,31). The third-order valence-electron chi connectivity index (χ3n) is 5.82. The van der Waals surface area contributed by atoms with Gasteiger partial charge < -0.3 is 19.9 Å². The molecule has 0 saturated carbocycles. The molecule has 2 aromatic carbocycles. The van der Waals surface area contributed by atoms with Crippen LogP contribution in [0.1, 0.15) is 30.5 Å². The lowest BCUT2D eigenvalue weighted by Crippen LogP contribution is -2.29. The first-order chi connectivity index (χ1) is 16.1. The molecule has 0 unspecified atom stereocenters. The molecule has 2 N–H and O–H groups in total. The maximum Gasteiger partial charge on any atom is 0.242 e. The van der Waals surface area contributed by atoms with E-state index in [0.717, 1.165) is 24.5 Å². The normalized spacial score (nSPS) is 13.7. The molecule has 8 heteroatoms. The second kappa shape index (κ2) is 8.79. The Morgan fingerprint density at radius 2 is 1.88 bits per heavy atom. The van der Waals surface area contributed by atoms with Crippen LogP contribution in [0.5, 0.6) is 11.6 Å². The summed E-state index contributed by atoms with van der Waals surface area (Å²) in [6, 6.07) is 15.1. The van der Waals surface area contributed by atoms with E-state index in [0.29, 0.717) is 16.7 Å². The van der Waals surface area contributed by atoms with Gasteiger partial charge in [0.25, 0.3) is 0 Å². The highest BCUT2D eigenvalue weighted by Gasteiger charge is 2.18. The Morgan fingerprint density at radius 1 is 1.09 bits per heavy atom. The topological polar surface area (TPSA) is 89.9 Å². The van der Waals surface area contributed by atoms with Crippen LogP contribution in [-0.2, 0) is 0 Å². The summed E-state index contributed by atoms with van der Waals surface area (Å²) < 4.78 is 20.7. The lowest BCUT2D eigenvalue weighted by molar-refractivity contribution is 0.428. The largest absolute Gasteiger partial charge is 0.434 e. The highest BCUT2D eigenvalue weighted by molar-refractivity contribution is 5.83. The third kappa shape index (κ3) is 4.17. The number of nitrogens with zero attached hydrogens (tertiary/aromatic N) is 4. The monoisotopic (exact) mass is 442 g/mol. The molecule has 0 atom stereocenters. The minimum atomic E-state index is -0.512. The SMILES string of the molecule is Cc1cc2c(F)c(Oc3ncnc(Nc4ccc(N5CCCCC5)cc4)c3C#N)ccc2[nH]1. The van der Waals surface area contributed by atoms with E-state index in [-0.39, 0.29) is 17.2 Å². The second-order valence-corrected chi connectivity index (χ2v) is 8.13. The van der Waals surface area contributed by atoms with Gasteiger partial charge in [0.2, 0.25) is 5.88 Å². The summed E-state index contributed by atoms with van der Waals surface area (Å²) >= 11 is 0. The van der Waals surface area contributed by atoms with Gasteiger partial charge in [-0.05, 0) is 68.7 Å². The number of nitrogens with one attached hydrogen (secondary N) is 2. The van der Waals surface area contributed by atoms with Crippen LogP contribution >= 0.6 is 0 Å². The van der Waals surface area contributed by atoms with Gasteiger partial charge in [0.15, 0.2) is 22.9 Å². The average molecular weight is 442 g/mol. The molecule has 33 heavy (non-hydrogen) atoms. The number of halogens is 1. The lowest BCUT2D eigenvalue weighted by atomic mass is 10.1. The minimum Gasteiger partial charge on any atom is -0.434 e. The molecule has 7 nitrogen and oxygen atoms in total. The number of benzene rings is 2. The third-order valence-corrected chi connectivity index (χ3v) is 5.82. The molecule has 1 aliphatic heterocycles. The van der Waals surface area contributed by atoms with Gasteiger partial charge in [0.1, 0.15) is 12.4 Å². The molecule has 0 bridgehead atoms. The highest BCUT2D eigenvalue weighted by Crippen LogP contribution is 2.33. The number of fused-ring (bicyclic) bond motifs is 1. The molecular formula is C25H23FN6O. The first kappa shape index (κ1) is 20.8. The van der Waals surface area contributed by atoms with Crippen LogP contribution in [-0.4, -0.2) is 28.0 Å². The van der Waals surface area contributed by atoms with Crippen molar-refractivity contribution in [2.45, 2.75) is 26.2 Å². The van der Waals surface area contributed by atoms with Crippen molar-refractivity contribution in [2.75, 3.05) is 23.3 Å². The van der Waals surface area contributed by atoms with Gasteiger partial charge in [-0.25, -0.2) is 14.4 Å². The summed E-state index contributed by atoms with van der Waals surface area (Å²) in [5.41, 5.74) is 3.59. The lowest BCUT2D eigenvalue weighted by Gasteiger charge is -2.28. The zero-order valence-electron chi connectivity index (χ0n) is 18.2. The van der Waals surface area contributed by atoms with E-state index in [1.807, 2.05) is 19.1 Å². The highest BCUT2D eigenvalue weighted by atomic mass is 19.1. The predicted molar refractivity (Wildman–Crippen MR) is 126 cm³/mol. The molecule has 2 aromatic heterocycles. The van der Waals surface area contributed by atoms with Crippen molar-refractivity contribution in [3.63, 3.8) is 0 Å². The first-order valence-corrected chi connectivity index (χ1v) is 10.9. The fraction of sp³-hybridized carbons (Fsp3) is 0.240. The molecule has 0 aliphatic carbocycles. The van der Waals surface area contributed by atoms with Gasteiger partial charge in [0.05, 0.1) is 0 Å². The number of hydrogen-bond acceptors (Lipinski definition) is 6. The number of piperidine rings is 1. The molecule has 0 amide bonds. The van der Waals surface area contributed by atoms with Crippen molar-refractivity contribution in [2.24, 2.45) is 0 Å². The van der Waals surface area contributed by atoms with Crippen LogP contribution in [0.25, 0.3) is 10.9 Å². The molecule has 1 saturated heterocycles. The van der Waals surface area contributed by atoms with Gasteiger partial charge in [-0.15, -0.1) is 0 Å². The molecular weight excluding hydrogens is 419 g/mol. The summed E-state index contributed by atoms with van der Waals surface area (Å²) in [6.45, 7) is 4.00. The first-order valence-electron chi connectivity index (χ1n) is 10.9. The van der Waals surface area contributed by atoms with E-state index in [9.17, 15) is 9.65 Å². The van der Waals surface area contributed by atoms with E-state index in [4.69, 9.17) is 4.74 Å². The maximum absolute atomic E-state index is 15.0. The van der Waals surface area contributed by atoms with Gasteiger partial charge in [0, 0.05) is 41.1 Å². The van der Waals surface area contributed by atoms with Crippen molar-refractivity contribution >= 4 is 28.1 Å². The minimum absolute atomic E-state index is 0.00599. The number of aryl methyl sites for hydroxylation is 1. The van der Waals surface area contributed by atoms with Crippen LogP contribution in [0.2, 0.25) is 0 Å². The number of anilines is 3. The number of nitriles is 1. The fourth-order valence-electron chi connectivity index (χ4n) is 4.16. The predicted octanol–water partition coefficient (Wildman–Crippen LogP) is 5.80. The molecule has 1 fully saturated rings. The summed E-state index contributed by atoms with van der Waals surface area (Å²) in [7, 11) is 0.